The molecule has 0 aliphatic heterocycles. The first kappa shape index (κ1) is 11.8. The van der Waals surface area contributed by atoms with E-state index in [4.69, 9.17) is 0 Å². The number of hydrogen-bond donors (Lipinski definition) is 1. The molecule has 3 aromatic rings. The molecular formula is C12H11N5OS. The van der Waals surface area contributed by atoms with E-state index in [1.54, 1.807) is 0 Å². The van der Waals surface area contributed by atoms with Crippen LogP contribution in [0, 0.1) is 13.8 Å². The summed E-state index contributed by atoms with van der Waals surface area (Å²) in [4.78, 5) is 12.8. The largest absolute Gasteiger partial charge is 0.319 e. The fourth-order valence-electron chi connectivity index (χ4n) is 1.83. The minimum atomic E-state index is -0.229. The molecule has 0 unspecified atom stereocenters. The highest BCUT2D eigenvalue weighted by molar-refractivity contribution is 7.18. The number of carbonyl (C=O) groups excluding carboxylic acids is 1. The Morgan fingerprint density at radius 3 is 2.74 bits per heavy atom. The van der Waals surface area contributed by atoms with Gasteiger partial charge in [-0.2, -0.15) is 4.52 Å². The van der Waals surface area contributed by atoms with Gasteiger partial charge in [0, 0.05) is 5.69 Å². The number of rotatable bonds is 2. The number of nitrogens with zero attached hydrogens (tertiary/aromatic N) is 4. The van der Waals surface area contributed by atoms with Crippen LogP contribution in [-0.4, -0.2) is 25.7 Å². The quantitative estimate of drug-likeness (QED) is 0.775. The molecule has 0 spiro atoms. The van der Waals surface area contributed by atoms with Gasteiger partial charge in [-0.1, -0.05) is 29.5 Å². The van der Waals surface area contributed by atoms with Gasteiger partial charge in [-0.05, 0) is 25.0 Å². The predicted molar refractivity (Wildman–Crippen MR) is 72.5 cm³/mol. The number of aryl methyl sites for hydroxylation is 2. The lowest BCUT2D eigenvalue weighted by molar-refractivity contribution is 0.102. The predicted octanol–water partition coefficient (Wildman–Crippen LogP) is 2.05. The minimum absolute atomic E-state index is 0.229. The van der Waals surface area contributed by atoms with Gasteiger partial charge in [-0.3, -0.25) is 4.79 Å². The molecule has 2 heterocycles. The molecule has 0 bridgehead atoms. The number of benzene rings is 1. The Kier molecular flexibility index (Phi) is 2.75. The highest BCUT2D eigenvalue weighted by Crippen LogP contribution is 2.21. The molecule has 0 aliphatic carbocycles. The molecule has 7 heteroatoms. The van der Waals surface area contributed by atoms with Crippen LogP contribution in [-0.2, 0) is 0 Å². The van der Waals surface area contributed by atoms with Crippen LogP contribution in [0.5, 0.6) is 0 Å². The number of aromatic nitrogens is 4. The SMILES string of the molecule is Cc1cccc(C)c1NC(=O)c1nn2cnnc2s1. The molecule has 3 rings (SSSR count). The number of anilines is 1. The average Bonchev–Trinajstić information content (AvgIpc) is 2.94. The third-order valence-electron chi connectivity index (χ3n) is 2.80. The van der Waals surface area contributed by atoms with Crippen LogP contribution >= 0.6 is 11.3 Å². The van der Waals surface area contributed by atoms with E-state index in [2.05, 4.69) is 20.6 Å². The van der Waals surface area contributed by atoms with Crippen LogP contribution in [0.1, 0.15) is 20.9 Å². The molecular weight excluding hydrogens is 262 g/mol. The number of nitrogens with one attached hydrogen (secondary N) is 1. The Morgan fingerprint density at radius 2 is 2.05 bits per heavy atom. The summed E-state index contributed by atoms with van der Waals surface area (Å²) in [6, 6.07) is 5.88. The van der Waals surface area contributed by atoms with Crippen molar-refractivity contribution in [2.45, 2.75) is 13.8 Å². The van der Waals surface area contributed by atoms with Crippen LogP contribution in [0.3, 0.4) is 0 Å². The van der Waals surface area contributed by atoms with Gasteiger partial charge in [0.1, 0.15) is 6.33 Å². The molecule has 1 aromatic carbocycles. The maximum Gasteiger partial charge on any atom is 0.286 e. The molecule has 0 atom stereocenters. The number of para-hydroxylation sites is 1. The molecule has 0 radical (unpaired) electrons. The molecule has 1 amide bonds. The molecule has 19 heavy (non-hydrogen) atoms. The minimum Gasteiger partial charge on any atom is -0.319 e. The molecule has 0 saturated heterocycles. The molecule has 2 aromatic heterocycles. The summed E-state index contributed by atoms with van der Waals surface area (Å²) in [5.74, 6) is -0.229. The summed E-state index contributed by atoms with van der Waals surface area (Å²) in [5, 5.41) is 14.9. The average molecular weight is 273 g/mol. The third kappa shape index (κ3) is 2.08. The topological polar surface area (TPSA) is 72.2 Å². The zero-order valence-corrected chi connectivity index (χ0v) is 11.2. The van der Waals surface area contributed by atoms with Crippen molar-refractivity contribution in [2.75, 3.05) is 5.32 Å². The second-order valence-corrected chi connectivity index (χ2v) is 5.14. The third-order valence-corrected chi connectivity index (χ3v) is 3.71. The van der Waals surface area contributed by atoms with Crippen molar-refractivity contribution in [1.29, 1.82) is 0 Å². The van der Waals surface area contributed by atoms with Gasteiger partial charge in [0.2, 0.25) is 9.97 Å². The summed E-state index contributed by atoms with van der Waals surface area (Å²) in [7, 11) is 0. The van der Waals surface area contributed by atoms with Gasteiger partial charge < -0.3 is 5.32 Å². The van der Waals surface area contributed by atoms with Crippen molar-refractivity contribution in [3.05, 3.63) is 40.7 Å². The fourth-order valence-corrected chi connectivity index (χ4v) is 2.55. The van der Waals surface area contributed by atoms with Crippen LogP contribution in [0.4, 0.5) is 5.69 Å². The lowest BCUT2D eigenvalue weighted by Gasteiger charge is -2.09. The molecule has 0 fully saturated rings. The van der Waals surface area contributed by atoms with Crippen molar-refractivity contribution in [3.63, 3.8) is 0 Å². The van der Waals surface area contributed by atoms with Crippen molar-refractivity contribution in [3.8, 4) is 0 Å². The smallest absolute Gasteiger partial charge is 0.286 e. The van der Waals surface area contributed by atoms with E-state index < -0.39 is 0 Å². The van der Waals surface area contributed by atoms with E-state index in [-0.39, 0.29) is 5.91 Å². The van der Waals surface area contributed by atoms with Crippen LogP contribution in [0.2, 0.25) is 0 Å². The summed E-state index contributed by atoms with van der Waals surface area (Å²) >= 11 is 1.21. The summed E-state index contributed by atoms with van der Waals surface area (Å²) < 4.78 is 1.49. The van der Waals surface area contributed by atoms with E-state index in [0.717, 1.165) is 16.8 Å². The van der Waals surface area contributed by atoms with Gasteiger partial charge in [-0.15, -0.1) is 15.3 Å². The van der Waals surface area contributed by atoms with E-state index in [0.29, 0.717) is 9.97 Å². The van der Waals surface area contributed by atoms with Gasteiger partial charge in [0.05, 0.1) is 0 Å². The molecule has 96 valence electrons. The monoisotopic (exact) mass is 273 g/mol. The van der Waals surface area contributed by atoms with Crippen molar-refractivity contribution in [1.82, 2.24) is 19.8 Å². The van der Waals surface area contributed by atoms with E-state index >= 15 is 0 Å². The van der Waals surface area contributed by atoms with Crippen molar-refractivity contribution < 1.29 is 4.79 Å². The number of fused-ring (bicyclic) bond motifs is 1. The van der Waals surface area contributed by atoms with Gasteiger partial charge >= 0.3 is 0 Å². The maximum atomic E-state index is 12.2. The molecule has 1 N–H and O–H groups in total. The lowest BCUT2D eigenvalue weighted by atomic mass is 10.1. The Hall–Kier alpha value is -2.28. The Morgan fingerprint density at radius 1 is 1.32 bits per heavy atom. The first-order valence-corrected chi connectivity index (χ1v) is 6.51. The van der Waals surface area contributed by atoms with Gasteiger partial charge in [0.15, 0.2) is 0 Å². The summed E-state index contributed by atoms with van der Waals surface area (Å²) in [6.45, 7) is 3.92. The second kappa shape index (κ2) is 4.43. The summed E-state index contributed by atoms with van der Waals surface area (Å²) in [6.07, 6.45) is 1.47. The molecule has 6 nitrogen and oxygen atoms in total. The summed E-state index contributed by atoms with van der Waals surface area (Å²) in [5.41, 5.74) is 2.88. The van der Waals surface area contributed by atoms with E-state index in [1.807, 2.05) is 32.0 Å². The fraction of sp³-hybridized carbons (Fsp3) is 0.167. The Balaban J connectivity index is 1.91. The van der Waals surface area contributed by atoms with Crippen molar-refractivity contribution >= 4 is 27.9 Å². The number of hydrogen-bond acceptors (Lipinski definition) is 5. The van der Waals surface area contributed by atoms with Crippen LogP contribution < -0.4 is 5.32 Å². The Labute approximate surface area is 113 Å². The van der Waals surface area contributed by atoms with Crippen molar-refractivity contribution in [2.24, 2.45) is 0 Å². The molecule has 0 saturated carbocycles. The zero-order valence-electron chi connectivity index (χ0n) is 10.4. The molecule has 0 aliphatic rings. The van der Waals surface area contributed by atoms with Gasteiger partial charge in [0.25, 0.3) is 5.91 Å². The normalized spacial score (nSPS) is 10.8. The number of carbonyl (C=O) groups is 1. The maximum absolute atomic E-state index is 12.2. The Bertz CT molecular complexity index is 712. The lowest BCUT2D eigenvalue weighted by Crippen LogP contribution is -2.13. The first-order valence-electron chi connectivity index (χ1n) is 5.69. The van der Waals surface area contributed by atoms with Crippen LogP contribution in [0.25, 0.3) is 4.96 Å². The van der Waals surface area contributed by atoms with Gasteiger partial charge in [-0.25, -0.2) is 0 Å². The highest BCUT2D eigenvalue weighted by atomic mass is 32.1. The van der Waals surface area contributed by atoms with E-state index in [1.165, 1.54) is 22.2 Å². The standard InChI is InChI=1S/C12H11N5OS/c1-7-4-3-5-8(2)9(7)14-10(18)11-16-17-6-13-15-12(17)19-11/h3-6H,1-2H3,(H,14,18). The van der Waals surface area contributed by atoms with E-state index in [9.17, 15) is 4.79 Å². The highest BCUT2D eigenvalue weighted by Gasteiger charge is 2.15. The first-order chi connectivity index (χ1) is 9.15. The number of amides is 1. The van der Waals surface area contributed by atoms with Crippen LogP contribution in [0.15, 0.2) is 24.5 Å². The zero-order chi connectivity index (χ0) is 13.4. The second-order valence-electron chi connectivity index (χ2n) is 4.19.